The van der Waals surface area contributed by atoms with Crippen molar-refractivity contribution in [2.45, 2.75) is 25.6 Å². The normalized spacial score (nSPS) is 16.3. The molecular formula is C12H13F3N2. The second kappa shape index (κ2) is 4.77. The van der Waals surface area contributed by atoms with Gasteiger partial charge < -0.3 is 0 Å². The van der Waals surface area contributed by atoms with Gasteiger partial charge in [-0.3, -0.25) is 5.01 Å². The molecule has 1 aromatic carbocycles. The zero-order chi connectivity index (χ0) is 12.3. The first-order valence-electron chi connectivity index (χ1n) is 5.50. The molecule has 1 aromatic rings. The van der Waals surface area contributed by atoms with Crippen molar-refractivity contribution >= 4 is 6.21 Å². The van der Waals surface area contributed by atoms with E-state index in [1.807, 2.05) is 0 Å². The maximum absolute atomic E-state index is 12.7. The molecular weight excluding hydrogens is 229 g/mol. The van der Waals surface area contributed by atoms with Crippen molar-refractivity contribution in [2.24, 2.45) is 5.10 Å². The summed E-state index contributed by atoms with van der Waals surface area (Å²) in [6.45, 7) is 0.925. The monoisotopic (exact) mass is 242 g/mol. The van der Waals surface area contributed by atoms with Gasteiger partial charge in [0.1, 0.15) is 0 Å². The Bertz CT molecular complexity index is 412. The van der Waals surface area contributed by atoms with E-state index in [4.69, 9.17) is 0 Å². The van der Waals surface area contributed by atoms with Crippen molar-refractivity contribution in [1.82, 2.24) is 5.01 Å². The molecule has 0 saturated heterocycles. The fourth-order valence-corrected chi connectivity index (χ4v) is 1.85. The number of hydrogen-bond acceptors (Lipinski definition) is 2. The van der Waals surface area contributed by atoms with Gasteiger partial charge in [0.15, 0.2) is 0 Å². The summed E-state index contributed by atoms with van der Waals surface area (Å²) >= 11 is 0. The molecule has 0 saturated carbocycles. The molecule has 0 aliphatic carbocycles. The molecule has 0 atom stereocenters. The van der Waals surface area contributed by atoms with Crippen molar-refractivity contribution < 1.29 is 13.2 Å². The molecule has 1 aliphatic rings. The Labute approximate surface area is 97.7 Å². The average Bonchev–Trinajstić information content (AvgIpc) is 2.30. The van der Waals surface area contributed by atoms with Crippen LogP contribution in [0.1, 0.15) is 24.0 Å². The predicted molar refractivity (Wildman–Crippen MR) is 59.6 cm³/mol. The van der Waals surface area contributed by atoms with Crippen molar-refractivity contribution in [3.05, 3.63) is 35.4 Å². The van der Waals surface area contributed by atoms with Crippen LogP contribution in [0.15, 0.2) is 29.4 Å². The minimum absolute atomic E-state index is 0.214. The fraction of sp³-hybridized carbons (Fsp3) is 0.417. The third kappa shape index (κ3) is 2.99. The summed E-state index contributed by atoms with van der Waals surface area (Å²) in [7, 11) is 0. The first-order chi connectivity index (χ1) is 8.07. The van der Waals surface area contributed by atoms with E-state index >= 15 is 0 Å². The lowest BCUT2D eigenvalue weighted by molar-refractivity contribution is -0.138. The summed E-state index contributed by atoms with van der Waals surface area (Å²) in [5.74, 6) is 0. The summed E-state index contributed by atoms with van der Waals surface area (Å²) < 4.78 is 38.2. The quantitative estimate of drug-likeness (QED) is 0.777. The number of hydrogen-bond donors (Lipinski definition) is 0. The molecule has 5 heteroatoms. The Hall–Kier alpha value is -1.52. The van der Waals surface area contributed by atoms with Gasteiger partial charge in [0.05, 0.1) is 12.1 Å². The van der Waals surface area contributed by atoms with Gasteiger partial charge in [0, 0.05) is 12.8 Å². The molecule has 0 N–H and O–H groups in total. The zero-order valence-electron chi connectivity index (χ0n) is 9.24. The molecule has 0 spiro atoms. The molecule has 2 rings (SSSR count). The van der Waals surface area contributed by atoms with E-state index < -0.39 is 11.7 Å². The van der Waals surface area contributed by atoms with Gasteiger partial charge in [-0.05, 0) is 24.5 Å². The highest BCUT2D eigenvalue weighted by Crippen LogP contribution is 2.32. The van der Waals surface area contributed by atoms with Crippen LogP contribution in [0.4, 0.5) is 13.2 Å². The Morgan fingerprint density at radius 1 is 1.24 bits per heavy atom. The Balaban J connectivity index is 2.20. The highest BCUT2D eigenvalue weighted by molar-refractivity contribution is 5.57. The standard InChI is InChI=1S/C12H13F3N2/c13-12(14,15)11-6-2-1-5-10(11)9-17-8-4-3-7-16-17/h1-2,5-7H,3-4,8-9H2. The van der Waals surface area contributed by atoms with Gasteiger partial charge >= 0.3 is 6.18 Å². The Kier molecular flexibility index (Phi) is 3.36. The second-order valence-electron chi connectivity index (χ2n) is 3.98. The van der Waals surface area contributed by atoms with Gasteiger partial charge in [-0.15, -0.1) is 0 Å². The lowest BCUT2D eigenvalue weighted by atomic mass is 10.1. The van der Waals surface area contributed by atoms with Crippen LogP contribution in [-0.2, 0) is 12.7 Å². The van der Waals surface area contributed by atoms with E-state index in [1.54, 1.807) is 17.3 Å². The molecule has 2 nitrogen and oxygen atoms in total. The van der Waals surface area contributed by atoms with Gasteiger partial charge in [-0.25, -0.2) is 0 Å². The lowest BCUT2D eigenvalue weighted by Gasteiger charge is -2.23. The van der Waals surface area contributed by atoms with Crippen LogP contribution in [-0.4, -0.2) is 17.8 Å². The predicted octanol–water partition coefficient (Wildman–Crippen LogP) is 3.29. The number of nitrogens with zero attached hydrogens (tertiary/aromatic N) is 2. The van der Waals surface area contributed by atoms with Gasteiger partial charge in [0.25, 0.3) is 0 Å². The summed E-state index contributed by atoms with van der Waals surface area (Å²) in [6, 6.07) is 5.65. The van der Waals surface area contributed by atoms with E-state index in [2.05, 4.69) is 5.10 Å². The molecule has 17 heavy (non-hydrogen) atoms. The van der Waals surface area contributed by atoms with Gasteiger partial charge in [0.2, 0.25) is 0 Å². The largest absolute Gasteiger partial charge is 0.416 e. The maximum Gasteiger partial charge on any atom is 0.416 e. The average molecular weight is 242 g/mol. The molecule has 1 aliphatic heterocycles. The van der Waals surface area contributed by atoms with Crippen molar-refractivity contribution in [2.75, 3.05) is 6.54 Å². The van der Waals surface area contributed by atoms with E-state index in [9.17, 15) is 13.2 Å². The third-order valence-corrected chi connectivity index (χ3v) is 2.67. The van der Waals surface area contributed by atoms with Gasteiger partial charge in [-0.1, -0.05) is 18.2 Å². The second-order valence-corrected chi connectivity index (χ2v) is 3.98. The molecule has 0 radical (unpaired) electrons. The summed E-state index contributed by atoms with van der Waals surface area (Å²) in [5.41, 5.74) is -0.292. The molecule has 0 aromatic heterocycles. The molecule has 0 bridgehead atoms. The Morgan fingerprint density at radius 3 is 2.65 bits per heavy atom. The van der Waals surface area contributed by atoms with Gasteiger partial charge in [-0.2, -0.15) is 18.3 Å². The summed E-state index contributed by atoms with van der Waals surface area (Å²) in [4.78, 5) is 0. The molecule has 0 unspecified atom stereocenters. The van der Waals surface area contributed by atoms with E-state index in [1.165, 1.54) is 12.1 Å². The van der Waals surface area contributed by atoms with Crippen LogP contribution in [0.5, 0.6) is 0 Å². The lowest BCUT2D eigenvalue weighted by Crippen LogP contribution is -2.23. The van der Waals surface area contributed by atoms with E-state index in [-0.39, 0.29) is 12.1 Å². The molecule has 1 heterocycles. The number of alkyl halides is 3. The van der Waals surface area contributed by atoms with E-state index in [0.717, 1.165) is 18.9 Å². The first-order valence-corrected chi connectivity index (χ1v) is 5.50. The number of halogens is 3. The zero-order valence-corrected chi connectivity index (χ0v) is 9.24. The minimum atomic E-state index is -4.30. The highest BCUT2D eigenvalue weighted by Gasteiger charge is 2.33. The van der Waals surface area contributed by atoms with Crippen molar-refractivity contribution in [3.8, 4) is 0 Å². The van der Waals surface area contributed by atoms with Crippen LogP contribution >= 0.6 is 0 Å². The van der Waals surface area contributed by atoms with Crippen LogP contribution in [0.3, 0.4) is 0 Å². The summed E-state index contributed by atoms with van der Waals surface area (Å²) in [5, 5.41) is 5.76. The molecule has 0 fully saturated rings. The van der Waals surface area contributed by atoms with Crippen LogP contribution in [0.2, 0.25) is 0 Å². The molecule has 92 valence electrons. The molecule has 0 amide bonds. The van der Waals surface area contributed by atoms with Crippen molar-refractivity contribution in [3.63, 3.8) is 0 Å². The first kappa shape index (κ1) is 12.0. The maximum atomic E-state index is 12.7. The fourth-order valence-electron chi connectivity index (χ4n) is 1.85. The van der Waals surface area contributed by atoms with Crippen LogP contribution in [0.25, 0.3) is 0 Å². The minimum Gasteiger partial charge on any atom is -0.293 e. The van der Waals surface area contributed by atoms with Crippen molar-refractivity contribution in [1.29, 1.82) is 0 Å². The summed E-state index contributed by atoms with van der Waals surface area (Å²) in [6.07, 6.45) is -0.703. The van der Waals surface area contributed by atoms with Crippen LogP contribution < -0.4 is 0 Å². The SMILES string of the molecule is FC(F)(F)c1ccccc1CN1CCCC=N1. The Morgan fingerprint density at radius 2 is 2.00 bits per heavy atom. The number of benzene rings is 1. The third-order valence-electron chi connectivity index (χ3n) is 2.67. The number of hydrazone groups is 1. The smallest absolute Gasteiger partial charge is 0.293 e. The highest BCUT2D eigenvalue weighted by atomic mass is 19.4. The van der Waals surface area contributed by atoms with E-state index in [0.29, 0.717) is 6.54 Å². The number of rotatable bonds is 2. The topological polar surface area (TPSA) is 15.6 Å². The van der Waals surface area contributed by atoms with Crippen LogP contribution in [0, 0.1) is 0 Å².